The number of carboxylic acid groups (broad SMARTS) is 1. The maximum atomic E-state index is 12.0. The van der Waals surface area contributed by atoms with Crippen LogP contribution in [-0.4, -0.2) is 36.0 Å². The van der Waals surface area contributed by atoms with Gasteiger partial charge in [-0.15, -0.1) is 0 Å². The monoisotopic (exact) mass is 286 g/mol. The van der Waals surface area contributed by atoms with Crippen molar-refractivity contribution in [3.05, 3.63) is 29.8 Å². The fraction of sp³-hybridized carbons (Fsp3) is 0.462. The lowest BCUT2D eigenvalue weighted by Crippen LogP contribution is -2.23. The van der Waals surface area contributed by atoms with Crippen molar-refractivity contribution >= 4 is 15.8 Å². The van der Waals surface area contributed by atoms with E-state index in [1.165, 1.54) is 24.3 Å². The number of hydrogen-bond donors (Lipinski definition) is 2. The number of hydrogen-bond acceptors (Lipinski definition) is 4. The number of aliphatic hydroxyl groups is 1. The minimum Gasteiger partial charge on any atom is -0.481 e. The fourth-order valence-corrected chi connectivity index (χ4v) is 3.05. The fourth-order valence-electron chi connectivity index (χ4n) is 1.49. The third-order valence-electron chi connectivity index (χ3n) is 2.62. The van der Waals surface area contributed by atoms with Gasteiger partial charge in [0.2, 0.25) is 0 Å². The van der Waals surface area contributed by atoms with E-state index in [9.17, 15) is 18.3 Å². The van der Waals surface area contributed by atoms with E-state index in [0.29, 0.717) is 5.56 Å². The van der Waals surface area contributed by atoms with Gasteiger partial charge in [-0.05, 0) is 38.0 Å². The van der Waals surface area contributed by atoms with Gasteiger partial charge in [0.15, 0.2) is 9.84 Å². The summed E-state index contributed by atoms with van der Waals surface area (Å²) in [5.41, 5.74) is -0.481. The number of benzene rings is 1. The van der Waals surface area contributed by atoms with Gasteiger partial charge in [-0.1, -0.05) is 12.1 Å². The quantitative estimate of drug-likeness (QED) is 0.821. The van der Waals surface area contributed by atoms with E-state index in [1.54, 1.807) is 13.8 Å². The zero-order valence-corrected chi connectivity index (χ0v) is 11.8. The van der Waals surface area contributed by atoms with E-state index in [2.05, 4.69) is 0 Å². The molecule has 5 nitrogen and oxygen atoms in total. The highest BCUT2D eigenvalue weighted by atomic mass is 32.2. The third kappa shape index (κ3) is 5.40. The normalized spacial score (nSPS) is 12.4. The number of rotatable bonds is 6. The van der Waals surface area contributed by atoms with Crippen LogP contribution >= 0.6 is 0 Å². The Morgan fingerprint density at radius 2 is 1.74 bits per heavy atom. The topological polar surface area (TPSA) is 91.7 Å². The van der Waals surface area contributed by atoms with E-state index in [1.807, 2.05) is 0 Å². The molecule has 106 valence electrons. The van der Waals surface area contributed by atoms with Crippen LogP contribution in [0.5, 0.6) is 0 Å². The Morgan fingerprint density at radius 3 is 2.16 bits per heavy atom. The summed E-state index contributed by atoms with van der Waals surface area (Å²) < 4.78 is 24.0. The van der Waals surface area contributed by atoms with Crippen LogP contribution in [0.4, 0.5) is 0 Å². The molecule has 0 saturated carbocycles. The molecule has 1 aromatic rings. The molecule has 0 heterocycles. The van der Waals surface area contributed by atoms with Crippen LogP contribution in [0, 0.1) is 0 Å². The van der Waals surface area contributed by atoms with Gasteiger partial charge >= 0.3 is 5.97 Å². The van der Waals surface area contributed by atoms with Crippen molar-refractivity contribution in [1.82, 2.24) is 0 Å². The molecule has 0 fully saturated rings. The van der Waals surface area contributed by atoms with Gasteiger partial charge in [0.05, 0.1) is 22.7 Å². The number of carboxylic acids is 1. The smallest absolute Gasteiger partial charge is 0.307 e. The summed E-state index contributed by atoms with van der Waals surface area (Å²) in [6, 6.07) is 5.78. The first kappa shape index (κ1) is 15.7. The summed E-state index contributed by atoms with van der Waals surface area (Å²) in [7, 11) is -3.45. The van der Waals surface area contributed by atoms with Gasteiger partial charge in [0, 0.05) is 0 Å². The summed E-state index contributed by atoms with van der Waals surface area (Å²) >= 11 is 0. The molecule has 0 aromatic heterocycles. The van der Waals surface area contributed by atoms with Crippen LogP contribution in [0.25, 0.3) is 0 Å². The lowest BCUT2D eigenvalue weighted by molar-refractivity contribution is -0.136. The van der Waals surface area contributed by atoms with Gasteiger partial charge in [-0.25, -0.2) is 8.42 Å². The first-order valence-corrected chi connectivity index (χ1v) is 7.51. The maximum Gasteiger partial charge on any atom is 0.307 e. The second-order valence-electron chi connectivity index (χ2n) is 5.10. The highest BCUT2D eigenvalue weighted by molar-refractivity contribution is 7.91. The lowest BCUT2D eigenvalue weighted by Gasteiger charge is -2.16. The molecule has 19 heavy (non-hydrogen) atoms. The average Bonchev–Trinajstić information content (AvgIpc) is 2.26. The Morgan fingerprint density at radius 1 is 1.21 bits per heavy atom. The van der Waals surface area contributed by atoms with Crippen LogP contribution in [0.1, 0.15) is 25.8 Å². The molecule has 0 aliphatic heterocycles. The first-order valence-electron chi connectivity index (χ1n) is 5.86. The summed E-state index contributed by atoms with van der Waals surface area (Å²) in [4.78, 5) is 10.7. The van der Waals surface area contributed by atoms with Crippen molar-refractivity contribution in [1.29, 1.82) is 0 Å². The number of carbonyl (C=O) groups is 1. The Hall–Kier alpha value is -1.40. The van der Waals surface area contributed by atoms with Crippen molar-refractivity contribution in [3.63, 3.8) is 0 Å². The molecule has 0 amide bonds. The Balaban J connectivity index is 2.82. The van der Waals surface area contributed by atoms with E-state index < -0.39 is 21.4 Å². The number of sulfone groups is 1. The SMILES string of the molecule is CC(C)(O)CCS(=O)(=O)c1ccc(CC(=O)O)cc1. The molecular weight excluding hydrogens is 268 g/mol. The molecule has 2 N–H and O–H groups in total. The van der Waals surface area contributed by atoms with Crippen LogP contribution in [0.3, 0.4) is 0 Å². The first-order chi connectivity index (χ1) is 8.60. The van der Waals surface area contributed by atoms with Crippen molar-refractivity contribution in [3.8, 4) is 0 Å². The van der Waals surface area contributed by atoms with Crippen LogP contribution in [-0.2, 0) is 21.1 Å². The van der Waals surface area contributed by atoms with Gasteiger partial charge in [-0.3, -0.25) is 4.79 Å². The Kier molecular flexibility index (Phi) is 4.70. The highest BCUT2D eigenvalue weighted by Crippen LogP contribution is 2.17. The molecule has 0 bridgehead atoms. The van der Waals surface area contributed by atoms with Gasteiger partial charge in [-0.2, -0.15) is 0 Å². The lowest BCUT2D eigenvalue weighted by atomic mass is 10.1. The van der Waals surface area contributed by atoms with Gasteiger partial charge < -0.3 is 10.2 Å². The van der Waals surface area contributed by atoms with Crippen molar-refractivity contribution in [2.24, 2.45) is 0 Å². The van der Waals surface area contributed by atoms with E-state index in [0.717, 1.165) is 0 Å². The summed E-state index contributed by atoms with van der Waals surface area (Å²) in [5.74, 6) is -1.10. The van der Waals surface area contributed by atoms with Crippen LogP contribution in [0.15, 0.2) is 29.2 Å². The molecule has 1 aromatic carbocycles. The molecule has 0 aliphatic carbocycles. The van der Waals surface area contributed by atoms with Crippen molar-refractivity contribution in [2.45, 2.75) is 37.2 Å². The predicted molar refractivity (Wildman–Crippen MR) is 70.7 cm³/mol. The van der Waals surface area contributed by atoms with Crippen LogP contribution < -0.4 is 0 Å². The Labute approximate surface area is 112 Å². The molecule has 0 unspecified atom stereocenters. The summed E-state index contributed by atoms with van der Waals surface area (Å²) in [6.07, 6.45) is 0.0101. The molecule has 0 saturated heterocycles. The molecule has 0 atom stereocenters. The molecule has 1 rings (SSSR count). The van der Waals surface area contributed by atoms with Crippen LogP contribution in [0.2, 0.25) is 0 Å². The zero-order chi connectivity index (χ0) is 14.7. The van der Waals surface area contributed by atoms with Crippen molar-refractivity contribution in [2.75, 3.05) is 5.75 Å². The predicted octanol–water partition coefficient (Wildman–Crippen LogP) is 1.25. The molecule has 6 heteroatoms. The maximum absolute atomic E-state index is 12.0. The highest BCUT2D eigenvalue weighted by Gasteiger charge is 2.20. The Bertz CT molecular complexity index is 537. The standard InChI is InChI=1S/C13H18O5S/c1-13(2,16)7-8-19(17,18)11-5-3-10(4-6-11)9-12(14)15/h3-6,16H,7-9H2,1-2H3,(H,14,15). The van der Waals surface area contributed by atoms with E-state index in [-0.39, 0.29) is 23.5 Å². The molecule has 0 spiro atoms. The molecule has 0 radical (unpaired) electrons. The molecular formula is C13H18O5S. The van der Waals surface area contributed by atoms with Gasteiger partial charge in [0.1, 0.15) is 0 Å². The van der Waals surface area contributed by atoms with E-state index >= 15 is 0 Å². The minimum absolute atomic E-state index is 0.135. The zero-order valence-electron chi connectivity index (χ0n) is 11.0. The van der Waals surface area contributed by atoms with Gasteiger partial charge in [0.25, 0.3) is 0 Å². The largest absolute Gasteiger partial charge is 0.481 e. The summed E-state index contributed by atoms with van der Waals surface area (Å²) in [5, 5.41) is 18.2. The molecule has 0 aliphatic rings. The van der Waals surface area contributed by atoms with E-state index in [4.69, 9.17) is 5.11 Å². The minimum atomic E-state index is -3.45. The average molecular weight is 286 g/mol. The third-order valence-corrected chi connectivity index (χ3v) is 4.35. The second-order valence-corrected chi connectivity index (χ2v) is 7.20. The van der Waals surface area contributed by atoms with Crippen molar-refractivity contribution < 1.29 is 23.4 Å². The number of aliphatic carboxylic acids is 1. The second kappa shape index (κ2) is 5.71. The summed E-state index contributed by atoms with van der Waals surface area (Å²) in [6.45, 7) is 3.11.